The number of anilines is 3. The molecule has 4 N–H and O–H groups in total. The van der Waals surface area contributed by atoms with Crippen LogP contribution in [0.1, 0.15) is 84.0 Å². The summed E-state index contributed by atoms with van der Waals surface area (Å²) in [6.07, 6.45) is 6.83. The van der Waals surface area contributed by atoms with Crippen LogP contribution in [0.4, 0.5) is 26.4 Å². The molecule has 2 aromatic heterocycles. The Kier molecular flexibility index (Phi) is 10.9. The lowest BCUT2D eigenvalue weighted by atomic mass is 9.86. The van der Waals surface area contributed by atoms with Crippen molar-refractivity contribution >= 4 is 45.9 Å². The maximum Gasteiger partial charge on any atom is 0.328 e. The van der Waals surface area contributed by atoms with Crippen LogP contribution in [-0.4, -0.2) is 106 Å². The van der Waals surface area contributed by atoms with Gasteiger partial charge in [-0.15, -0.1) is 10.2 Å². The minimum Gasteiger partial charge on any atom is -0.507 e. The molecule has 0 saturated carbocycles. The van der Waals surface area contributed by atoms with Gasteiger partial charge in [0.2, 0.25) is 5.91 Å². The number of likely N-dealkylation sites (tertiary alicyclic amines) is 2. The van der Waals surface area contributed by atoms with Crippen molar-refractivity contribution in [3.8, 4) is 17.0 Å². The number of piperidine rings is 3. The zero-order valence-electron chi connectivity index (χ0n) is 34.9. The van der Waals surface area contributed by atoms with Crippen molar-refractivity contribution in [1.29, 1.82) is 0 Å². The van der Waals surface area contributed by atoms with Gasteiger partial charge in [-0.3, -0.25) is 19.8 Å². The topological polar surface area (TPSA) is 153 Å². The van der Waals surface area contributed by atoms with Gasteiger partial charge in [0.15, 0.2) is 5.82 Å². The van der Waals surface area contributed by atoms with Crippen molar-refractivity contribution in [2.75, 3.05) is 67.9 Å². The first-order valence-corrected chi connectivity index (χ1v) is 21.6. The number of aromatic nitrogens is 3. The molecule has 4 amide bonds. The SMILES string of the molecule is Cc1cc(C(=O)N2CCC(F)(CN3CCC(n4ccc5c(C)c(N6CCC(=O)NC6=O)ccc54)CC3)CC2)ccc1[C@H]1CCCN(c2cc(-c3ccccc3O)nnc2N)C1. The van der Waals surface area contributed by atoms with Gasteiger partial charge in [-0.1, -0.05) is 18.2 Å². The molecule has 9 rings (SSSR count). The number of nitrogens with zero attached hydrogens (tertiary/aromatic N) is 7. The average Bonchev–Trinajstić information content (AvgIpc) is 3.70. The summed E-state index contributed by atoms with van der Waals surface area (Å²) >= 11 is 0. The number of nitrogens with one attached hydrogen (secondary N) is 1. The fraction of sp³-hybridized carbons (Fsp3) is 0.426. The third-order valence-electron chi connectivity index (χ3n) is 13.6. The first kappa shape index (κ1) is 40.4. The number of carbonyl (C=O) groups is 3. The quantitative estimate of drug-likeness (QED) is 0.149. The van der Waals surface area contributed by atoms with Gasteiger partial charge in [0.05, 0.1) is 11.4 Å². The summed E-state index contributed by atoms with van der Waals surface area (Å²) < 4.78 is 18.7. The molecule has 0 aliphatic carbocycles. The molecule has 0 unspecified atom stereocenters. The van der Waals surface area contributed by atoms with Gasteiger partial charge in [0.25, 0.3) is 5.91 Å². The predicted molar refractivity (Wildman–Crippen MR) is 235 cm³/mol. The fourth-order valence-corrected chi connectivity index (χ4v) is 10.2. The number of imide groups is 1. The van der Waals surface area contributed by atoms with Crippen LogP contribution in [0, 0.1) is 13.8 Å². The lowest BCUT2D eigenvalue weighted by Crippen LogP contribution is -2.51. The van der Waals surface area contributed by atoms with E-state index in [0.717, 1.165) is 85.3 Å². The molecule has 14 heteroatoms. The summed E-state index contributed by atoms with van der Waals surface area (Å²) in [6, 6.07) is 21.0. The van der Waals surface area contributed by atoms with Crippen molar-refractivity contribution in [2.24, 2.45) is 0 Å². The number of phenolic OH excluding ortho intramolecular Hbond substituents is 1. The molecule has 4 fully saturated rings. The number of para-hydroxylation sites is 1. The molecule has 0 radical (unpaired) electrons. The van der Waals surface area contributed by atoms with E-state index in [-0.39, 0.29) is 35.9 Å². The van der Waals surface area contributed by atoms with Crippen LogP contribution in [0.3, 0.4) is 0 Å². The molecule has 13 nitrogen and oxygen atoms in total. The number of aromatic hydroxyl groups is 1. The molecule has 6 heterocycles. The monoisotopic (exact) mass is 827 g/mol. The fourth-order valence-electron chi connectivity index (χ4n) is 10.2. The number of rotatable bonds is 8. The first-order valence-electron chi connectivity index (χ1n) is 21.6. The van der Waals surface area contributed by atoms with E-state index in [9.17, 15) is 19.5 Å². The molecule has 1 atom stereocenters. The number of carbonyl (C=O) groups excluding carboxylic acids is 3. The lowest BCUT2D eigenvalue weighted by Gasteiger charge is -2.41. The number of halogens is 1. The summed E-state index contributed by atoms with van der Waals surface area (Å²) in [6.45, 7) is 8.77. The number of alkyl halides is 1. The molecule has 61 heavy (non-hydrogen) atoms. The number of benzene rings is 3. The standard InChI is InChI=1S/C47H54FN9O4/c1-30-26-32(9-10-35(30)33-6-5-19-55(28-33)41-27-38(51-52-44(41)49)37-7-3-4-8-42(37)58)45(60)54-24-17-47(48,18-25-54)29-53-20-13-34(14-21-53)56-22-15-36-31(2)39(11-12-40(36)56)57-23-16-43(59)50-46(57)61/h3-4,7-12,15,22,26-27,33-34,58H,5-6,13-14,16-21,23-25,28-29H2,1-2H3,(H2,49,52)(H,50,59,61)/t33-/m0/s1. The van der Waals surface area contributed by atoms with Crippen LogP contribution in [0.5, 0.6) is 5.75 Å². The van der Waals surface area contributed by atoms with E-state index in [2.05, 4.69) is 61.2 Å². The van der Waals surface area contributed by atoms with Crippen molar-refractivity contribution < 1.29 is 23.9 Å². The van der Waals surface area contributed by atoms with E-state index in [4.69, 9.17) is 5.73 Å². The zero-order chi connectivity index (χ0) is 42.4. The van der Waals surface area contributed by atoms with Gasteiger partial charge in [-0.05, 0) is 105 Å². The molecular formula is C47H54FN9O4. The van der Waals surface area contributed by atoms with Crippen molar-refractivity contribution in [2.45, 2.75) is 76.4 Å². The second kappa shape index (κ2) is 16.4. The molecular weight excluding hydrogens is 774 g/mol. The van der Waals surface area contributed by atoms with Crippen LogP contribution < -0.4 is 20.9 Å². The Labute approximate surface area is 355 Å². The van der Waals surface area contributed by atoms with Crippen molar-refractivity contribution in [3.05, 3.63) is 95.2 Å². The van der Waals surface area contributed by atoms with Crippen LogP contribution >= 0.6 is 0 Å². The van der Waals surface area contributed by atoms with E-state index in [1.165, 1.54) is 5.56 Å². The normalized spacial score (nSPS) is 20.3. The Morgan fingerprint density at radius 3 is 2.46 bits per heavy atom. The second-order valence-electron chi connectivity index (χ2n) is 17.4. The largest absolute Gasteiger partial charge is 0.507 e. The van der Waals surface area contributed by atoms with Gasteiger partial charge in [-0.2, -0.15) is 0 Å². The van der Waals surface area contributed by atoms with Gasteiger partial charge in [-0.25, -0.2) is 9.18 Å². The van der Waals surface area contributed by atoms with Gasteiger partial charge >= 0.3 is 6.03 Å². The smallest absolute Gasteiger partial charge is 0.328 e. The van der Waals surface area contributed by atoms with Gasteiger partial charge in [0, 0.05) is 117 Å². The minimum absolute atomic E-state index is 0.0503. The maximum absolute atomic E-state index is 16.4. The van der Waals surface area contributed by atoms with Crippen LogP contribution in [0.25, 0.3) is 22.2 Å². The number of nitrogens with two attached hydrogens (primary N) is 1. The molecule has 3 aromatic carbocycles. The Bertz CT molecular complexity index is 2490. The lowest BCUT2D eigenvalue weighted by molar-refractivity contribution is -0.120. The Hall–Kier alpha value is -6.02. The number of fused-ring (bicyclic) bond motifs is 1. The molecule has 4 aliphatic heterocycles. The molecule has 318 valence electrons. The highest BCUT2D eigenvalue weighted by Gasteiger charge is 2.39. The Balaban J connectivity index is 0.780. The van der Waals surface area contributed by atoms with E-state index < -0.39 is 5.67 Å². The van der Waals surface area contributed by atoms with E-state index in [1.54, 1.807) is 17.0 Å². The van der Waals surface area contributed by atoms with Crippen LogP contribution in [0.15, 0.2) is 72.9 Å². The van der Waals surface area contributed by atoms with Gasteiger partial charge in [0.1, 0.15) is 11.4 Å². The first-order chi connectivity index (χ1) is 29.4. The van der Waals surface area contributed by atoms with Crippen molar-refractivity contribution in [3.63, 3.8) is 0 Å². The highest BCUT2D eigenvalue weighted by Crippen LogP contribution is 2.38. The van der Waals surface area contributed by atoms with Gasteiger partial charge < -0.3 is 30.1 Å². The number of hydrogen-bond donors (Lipinski definition) is 3. The third kappa shape index (κ3) is 8.01. The molecule has 0 bridgehead atoms. The van der Waals surface area contributed by atoms with E-state index in [0.29, 0.717) is 67.7 Å². The Morgan fingerprint density at radius 2 is 1.70 bits per heavy atom. The summed E-state index contributed by atoms with van der Waals surface area (Å²) in [5, 5.41) is 22.4. The zero-order valence-corrected chi connectivity index (χ0v) is 34.9. The average molecular weight is 828 g/mol. The number of phenols is 1. The molecule has 5 aromatic rings. The highest BCUT2D eigenvalue weighted by atomic mass is 19.1. The molecule has 0 spiro atoms. The van der Waals surface area contributed by atoms with E-state index in [1.807, 2.05) is 48.2 Å². The van der Waals surface area contributed by atoms with E-state index >= 15 is 4.39 Å². The second-order valence-corrected chi connectivity index (χ2v) is 17.4. The number of urea groups is 1. The third-order valence-corrected chi connectivity index (χ3v) is 13.6. The Morgan fingerprint density at radius 1 is 0.918 bits per heavy atom. The summed E-state index contributed by atoms with van der Waals surface area (Å²) in [7, 11) is 0. The summed E-state index contributed by atoms with van der Waals surface area (Å²) in [5.41, 5.74) is 12.8. The number of aryl methyl sites for hydroxylation is 2. The highest BCUT2D eigenvalue weighted by molar-refractivity contribution is 6.07. The van der Waals surface area contributed by atoms with Crippen LogP contribution in [0.2, 0.25) is 0 Å². The number of hydrogen-bond acceptors (Lipinski definition) is 9. The molecule has 4 aliphatic rings. The minimum atomic E-state index is -1.34. The summed E-state index contributed by atoms with van der Waals surface area (Å²) in [4.78, 5) is 45.9. The van der Waals surface area contributed by atoms with Crippen molar-refractivity contribution in [1.82, 2.24) is 29.9 Å². The predicted octanol–water partition coefficient (Wildman–Crippen LogP) is 7.11. The number of amides is 4. The van der Waals surface area contributed by atoms with Crippen LogP contribution in [-0.2, 0) is 4.79 Å². The maximum atomic E-state index is 16.4. The summed E-state index contributed by atoms with van der Waals surface area (Å²) in [5.74, 6) is 0.424. The number of nitrogen functional groups attached to an aromatic ring is 1. The molecule has 4 saturated heterocycles.